The van der Waals surface area contributed by atoms with Crippen molar-refractivity contribution in [2.45, 2.75) is 0 Å². The van der Waals surface area contributed by atoms with Crippen molar-refractivity contribution in [3.05, 3.63) is 194 Å². The molecule has 2 aromatic heterocycles. The van der Waals surface area contributed by atoms with Crippen molar-refractivity contribution < 1.29 is 4.42 Å². The van der Waals surface area contributed by atoms with Gasteiger partial charge in [0.25, 0.3) is 0 Å². The van der Waals surface area contributed by atoms with Crippen LogP contribution in [0.4, 0.5) is 17.1 Å². The van der Waals surface area contributed by atoms with Crippen molar-refractivity contribution in [2.75, 3.05) is 4.90 Å². The standard InChI is InChI=1S/C48H32N2O/c1-3-11-33(12-4-1)34-19-25-38(26-20-34)49(37-13-5-2-6-14-37)39-27-21-35(22-28-39)36-23-29-40(30-24-36)50-44-17-9-7-15-41(44)42-31-32-46-47(48(42)50)43-16-8-10-18-45(43)51-46/h1-32H. The molecule has 10 aromatic rings. The van der Waals surface area contributed by atoms with E-state index in [2.05, 4.69) is 198 Å². The predicted molar refractivity (Wildman–Crippen MR) is 214 cm³/mol. The van der Waals surface area contributed by atoms with Crippen LogP contribution in [0.2, 0.25) is 0 Å². The molecule has 0 saturated heterocycles. The monoisotopic (exact) mass is 652 g/mol. The first-order valence-corrected chi connectivity index (χ1v) is 17.4. The molecule has 0 radical (unpaired) electrons. The molecule has 0 unspecified atom stereocenters. The van der Waals surface area contributed by atoms with Gasteiger partial charge in [0.15, 0.2) is 0 Å². The van der Waals surface area contributed by atoms with Crippen LogP contribution in [0.3, 0.4) is 0 Å². The molecule has 0 saturated carbocycles. The molecule has 0 N–H and O–H groups in total. The summed E-state index contributed by atoms with van der Waals surface area (Å²) in [4.78, 5) is 2.31. The number of furan rings is 1. The highest BCUT2D eigenvalue weighted by molar-refractivity contribution is 6.24. The lowest BCUT2D eigenvalue weighted by molar-refractivity contribution is 0.669. The average Bonchev–Trinajstić information content (AvgIpc) is 3.75. The van der Waals surface area contributed by atoms with E-state index in [4.69, 9.17) is 4.42 Å². The number of fused-ring (bicyclic) bond motifs is 7. The Bertz CT molecular complexity index is 2810. The second-order valence-electron chi connectivity index (χ2n) is 13.0. The SMILES string of the molecule is c1ccc(-c2ccc(N(c3ccccc3)c3ccc(-c4ccc(-n5c6ccccc6c6ccc7oc8ccccc8c7c65)cc4)cc3)cc2)cc1. The van der Waals surface area contributed by atoms with E-state index in [1.54, 1.807) is 0 Å². The Morgan fingerprint density at radius 1 is 0.353 bits per heavy atom. The molecule has 3 nitrogen and oxygen atoms in total. The van der Waals surface area contributed by atoms with E-state index in [1.807, 2.05) is 6.07 Å². The quantitative estimate of drug-likeness (QED) is 0.178. The number of benzene rings is 8. The summed E-state index contributed by atoms with van der Waals surface area (Å²) < 4.78 is 8.71. The highest BCUT2D eigenvalue weighted by atomic mass is 16.3. The maximum atomic E-state index is 6.31. The van der Waals surface area contributed by atoms with Gasteiger partial charge in [-0.05, 0) is 95.1 Å². The lowest BCUT2D eigenvalue weighted by Gasteiger charge is -2.26. The Labute approximate surface area is 295 Å². The molecular formula is C48H32N2O. The van der Waals surface area contributed by atoms with Crippen molar-refractivity contribution in [1.82, 2.24) is 4.57 Å². The van der Waals surface area contributed by atoms with Crippen molar-refractivity contribution in [2.24, 2.45) is 0 Å². The molecule has 0 atom stereocenters. The Balaban J connectivity index is 1.03. The van der Waals surface area contributed by atoms with Crippen LogP contribution in [-0.2, 0) is 0 Å². The van der Waals surface area contributed by atoms with Gasteiger partial charge in [0.05, 0.1) is 16.4 Å². The van der Waals surface area contributed by atoms with Gasteiger partial charge < -0.3 is 13.9 Å². The van der Waals surface area contributed by atoms with E-state index in [0.29, 0.717) is 0 Å². The molecule has 0 aliphatic carbocycles. The van der Waals surface area contributed by atoms with Gasteiger partial charge in [-0.1, -0.05) is 121 Å². The number of anilines is 3. The van der Waals surface area contributed by atoms with Crippen LogP contribution in [0.15, 0.2) is 199 Å². The van der Waals surface area contributed by atoms with Gasteiger partial charge in [-0.25, -0.2) is 0 Å². The lowest BCUT2D eigenvalue weighted by atomic mass is 10.0. The van der Waals surface area contributed by atoms with E-state index in [1.165, 1.54) is 44.1 Å². The fourth-order valence-corrected chi connectivity index (χ4v) is 7.60. The summed E-state index contributed by atoms with van der Waals surface area (Å²) in [5, 5.41) is 4.74. The normalized spacial score (nSPS) is 11.5. The van der Waals surface area contributed by atoms with Gasteiger partial charge in [0, 0.05) is 38.9 Å². The largest absolute Gasteiger partial charge is 0.456 e. The zero-order valence-electron chi connectivity index (χ0n) is 27.8. The molecule has 0 fully saturated rings. The molecule has 3 heteroatoms. The Morgan fingerprint density at radius 2 is 0.863 bits per heavy atom. The van der Waals surface area contributed by atoms with E-state index in [9.17, 15) is 0 Å². The van der Waals surface area contributed by atoms with E-state index in [0.717, 1.165) is 44.7 Å². The fourth-order valence-electron chi connectivity index (χ4n) is 7.60. The topological polar surface area (TPSA) is 21.3 Å². The van der Waals surface area contributed by atoms with Gasteiger partial charge in [-0.3, -0.25) is 0 Å². The maximum absolute atomic E-state index is 6.31. The minimum absolute atomic E-state index is 0.904. The third-order valence-electron chi connectivity index (χ3n) is 10.0. The lowest BCUT2D eigenvalue weighted by Crippen LogP contribution is -2.09. The number of hydrogen-bond donors (Lipinski definition) is 0. The van der Waals surface area contributed by atoms with Gasteiger partial charge in [-0.2, -0.15) is 0 Å². The smallest absolute Gasteiger partial charge is 0.137 e. The molecular weight excluding hydrogens is 621 g/mol. The van der Waals surface area contributed by atoms with Crippen LogP contribution in [0.25, 0.3) is 71.7 Å². The molecule has 2 heterocycles. The van der Waals surface area contributed by atoms with Gasteiger partial charge in [0.1, 0.15) is 11.2 Å². The molecule has 0 bridgehead atoms. The number of rotatable bonds is 6. The first-order chi connectivity index (χ1) is 25.3. The Kier molecular flexibility index (Phi) is 6.81. The summed E-state index contributed by atoms with van der Waals surface area (Å²) in [6.45, 7) is 0. The van der Waals surface area contributed by atoms with Crippen molar-refractivity contribution >= 4 is 60.8 Å². The minimum atomic E-state index is 0.904. The highest BCUT2D eigenvalue weighted by Gasteiger charge is 2.19. The van der Waals surface area contributed by atoms with Crippen LogP contribution in [0.1, 0.15) is 0 Å². The van der Waals surface area contributed by atoms with Gasteiger partial charge in [-0.15, -0.1) is 0 Å². The summed E-state index contributed by atoms with van der Waals surface area (Å²) in [6.07, 6.45) is 0. The number of hydrogen-bond acceptors (Lipinski definition) is 2. The van der Waals surface area contributed by atoms with E-state index >= 15 is 0 Å². The fraction of sp³-hybridized carbons (Fsp3) is 0. The van der Waals surface area contributed by atoms with Crippen LogP contribution < -0.4 is 4.90 Å². The van der Waals surface area contributed by atoms with Crippen LogP contribution in [0.5, 0.6) is 0 Å². The summed E-state index contributed by atoms with van der Waals surface area (Å²) in [6, 6.07) is 69.0. The zero-order chi connectivity index (χ0) is 33.7. The molecule has 0 aliphatic heterocycles. The third-order valence-corrected chi connectivity index (χ3v) is 10.0. The summed E-state index contributed by atoms with van der Waals surface area (Å²) in [5.41, 5.74) is 13.4. The van der Waals surface area contributed by atoms with Crippen molar-refractivity contribution in [1.29, 1.82) is 0 Å². The molecule has 240 valence electrons. The summed E-state index contributed by atoms with van der Waals surface area (Å²) in [5.74, 6) is 0. The minimum Gasteiger partial charge on any atom is -0.456 e. The van der Waals surface area contributed by atoms with E-state index < -0.39 is 0 Å². The molecule has 0 spiro atoms. The molecule has 8 aromatic carbocycles. The second-order valence-corrected chi connectivity index (χ2v) is 13.0. The number of nitrogens with zero attached hydrogens (tertiary/aromatic N) is 2. The zero-order valence-corrected chi connectivity index (χ0v) is 27.8. The van der Waals surface area contributed by atoms with Gasteiger partial charge in [0.2, 0.25) is 0 Å². The molecule has 51 heavy (non-hydrogen) atoms. The Morgan fingerprint density at radius 3 is 1.53 bits per heavy atom. The maximum Gasteiger partial charge on any atom is 0.137 e. The van der Waals surface area contributed by atoms with Gasteiger partial charge >= 0.3 is 0 Å². The summed E-state index contributed by atoms with van der Waals surface area (Å²) in [7, 11) is 0. The molecule has 10 rings (SSSR count). The van der Waals surface area contributed by atoms with Crippen LogP contribution in [-0.4, -0.2) is 4.57 Å². The van der Waals surface area contributed by atoms with E-state index in [-0.39, 0.29) is 0 Å². The second kappa shape index (κ2) is 11.9. The first kappa shape index (κ1) is 29.1. The summed E-state index contributed by atoms with van der Waals surface area (Å²) >= 11 is 0. The average molecular weight is 653 g/mol. The first-order valence-electron chi connectivity index (χ1n) is 17.4. The predicted octanol–water partition coefficient (Wildman–Crippen LogP) is 13.5. The molecule has 0 aliphatic rings. The highest BCUT2D eigenvalue weighted by Crippen LogP contribution is 2.41. The number of para-hydroxylation sites is 3. The van der Waals surface area contributed by atoms with Crippen molar-refractivity contribution in [3.8, 4) is 27.9 Å². The number of aromatic nitrogens is 1. The van der Waals surface area contributed by atoms with Crippen molar-refractivity contribution in [3.63, 3.8) is 0 Å². The Hall–Kier alpha value is -6.84. The molecule has 0 amide bonds. The van der Waals surface area contributed by atoms with Crippen LogP contribution >= 0.6 is 0 Å². The third kappa shape index (κ3) is 4.90. The van der Waals surface area contributed by atoms with Crippen LogP contribution in [0, 0.1) is 0 Å².